The summed E-state index contributed by atoms with van der Waals surface area (Å²) in [5.74, 6) is 0. The van der Waals surface area contributed by atoms with E-state index in [4.69, 9.17) is 10.5 Å². The van der Waals surface area contributed by atoms with Crippen molar-refractivity contribution in [1.29, 1.82) is 0 Å². The van der Waals surface area contributed by atoms with Crippen LogP contribution in [-0.2, 0) is 4.74 Å². The van der Waals surface area contributed by atoms with Crippen molar-refractivity contribution in [3.05, 3.63) is 0 Å². The summed E-state index contributed by atoms with van der Waals surface area (Å²) in [7, 11) is 1.78. The molecule has 0 aromatic carbocycles. The van der Waals surface area contributed by atoms with Crippen molar-refractivity contribution in [2.45, 2.75) is 77.8 Å². The molecule has 0 spiro atoms. The van der Waals surface area contributed by atoms with Gasteiger partial charge in [0.2, 0.25) is 0 Å². The number of nitrogens with two attached hydrogens (primary N) is 1. The number of hydrogen-bond donors (Lipinski definition) is 1. The Labute approximate surface area is 120 Å². The average molecular weight is 272 g/mol. The largest absolute Gasteiger partial charge is 0.383 e. The molecule has 2 N–H and O–H groups in total. The molecule has 3 nitrogen and oxygen atoms in total. The van der Waals surface area contributed by atoms with Crippen LogP contribution in [-0.4, -0.2) is 43.8 Å². The highest BCUT2D eigenvalue weighted by Gasteiger charge is 2.22. The molecule has 1 unspecified atom stereocenters. The highest BCUT2D eigenvalue weighted by Crippen LogP contribution is 2.17. The molecule has 0 aromatic heterocycles. The van der Waals surface area contributed by atoms with Gasteiger partial charge in [-0.15, -0.1) is 0 Å². The molecule has 0 radical (unpaired) electrons. The Morgan fingerprint density at radius 1 is 1.00 bits per heavy atom. The Kier molecular flexibility index (Phi) is 12.8. The van der Waals surface area contributed by atoms with E-state index in [0.717, 1.165) is 19.7 Å². The van der Waals surface area contributed by atoms with E-state index in [-0.39, 0.29) is 0 Å². The lowest BCUT2D eigenvalue weighted by Crippen LogP contribution is -2.48. The standard InChI is InChI=1S/C16H36N2O/c1-5-8-9-10-11-16(14-17)18(12-13-19-4)15(6-2)7-3/h15-16H,5-14,17H2,1-4H3. The number of unbranched alkanes of at least 4 members (excludes halogenated alkanes) is 3. The van der Waals surface area contributed by atoms with Gasteiger partial charge in [-0.05, 0) is 19.3 Å². The summed E-state index contributed by atoms with van der Waals surface area (Å²) in [6.07, 6.45) is 8.93. The Hall–Kier alpha value is -0.120. The second-order valence-electron chi connectivity index (χ2n) is 5.44. The average Bonchev–Trinajstić information content (AvgIpc) is 2.44. The van der Waals surface area contributed by atoms with E-state index in [1.165, 1.54) is 44.9 Å². The third kappa shape index (κ3) is 7.91. The second-order valence-corrected chi connectivity index (χ2v) is 5.44. The fourth-order valence-corrected chi connectivity index (χ4v) is 2.84. The highest BCUT2D eigenvalue weighted by molar-refractivity contribution is 4.79. The molecule has 0 fully saturated rings. The van der Waals surface area contributed by atoms with Gasteiger partial charge < -0.3 is 10.5 Å². The summed E-state index contributed by atoms with van der Waals surface area (Å²) in [6, 6.07) is 1.17. The molecule has 0 aliphatic carbocycles. The molecule has 0 aromatic rings. The first-order valence-corrected chi connectivity index (χ1v) is 8.19. The third-order valence-corrected chi connectivity index (χ3v) is 4.10. The Bertz CT molecular complexity index is 184. The van der Waals surface area contributed by atoms with E-state index in [0.29, 0.717) is 12.1 Å². The number of hydrogen-bond acceptors (Lipinski definition) is 3. The molecule has 0 heterocycles. The van der Waals surface area contributed by atoms with Crippen molar-refractivity contribution in [2.24, 2.45) is 5.73 Å². The number of ether oxygens (including phenoxy) is 1. The van der Waals surface area contributed by atoms with Crippen LogP contribution in [0.15, 0.2) is 0 Å². The highest BCUT2D eigenvalue weighted by atomic mass is 16.5. The first-order valence-electron chi connectivity index (χ1n) is 8.19. The molecule has 0 aliphatic rings. The minimum Gasteiger partial charge on any atom is -0.383 e. The lowest BCUT2D eigenvalue weighted by atomic mass is 10.0. The van der Waals surface area contributed by atoms with Crippen molar-refractivity contribution < 1.29 is 4.74 Å². The molecule has 1 atom stereocenters. The summed E-state index contributed by atoms with van der Waals surface area (Å²) in [5, 5.41) is 0. The van der Waals surface area contributed by atoms with Gasteiger partial charge in [-0.25, -0.2) is 0 Å². The molecular weight excluding hydrogens is 236 g/mol. The van der Waals surface area contributed by atoms with Crippen LogP contribution < -0.4 is 5.73 Å². The quantitative estimate of drug-likeness (QED) is 0.522. The zero-order chi connectivity index (χ0) is 14.5. The smallest absolute Gasteiger partial charge is 0.0589 e. The van der Waals surface area contributed by atoms with E-state index in [9.17, 15) is 0 Å². The zero-order valence-corrected chi connectivity index (χ0v) is 13.7. The van der Waals surface area contributed by atoms with Gasteiger partial charge in [0.15, 0.2) is 0 Å². The Balaban J connectivity index is 4.39. The lowest BCUT2D eigenvalue weighted by Gasteiger charge is -2.37. The lowest BCUT2D eigenvalue weighted by molar-refractivity contribution is 0.0773. The molecule has 0 bridgehead atoms. The maximum absolute atomic E-state index is 6.02. The number of methoxy groups -OCH3 is 1. The van der Waals surface area contributed by atoms with Gasteiger partial charge in [-0.2, -0.15) is 0 Å². The van der Waals surface area contributed by atoms with E-state index >= 15 is 0 Å². The van der Waals surface area contributed by atoms with Gasteiger partial charge in [0, 0.05) is 32.3 Å². The predicted octanol–water partition coefficient (Wildman–Crippen LogP) is 3.42. The van der Waals surface area contributed by atoms with Crippen molar-refractivity contribution in [3.8, 4) is 0 Å². The molecule has 0 saturated heterocycles. The molecule has 19 heavy (non-hydrogen) atoms. The zero-order valence-electron chi connectivity index (χ0n) is 13.7. The van der Waals surface area contributed by atoms with Gasteiger partial charge in [0.1, 0.15) is 0 Å². The normalized spacial score (nSPS) is 13.4. The van der Waals surface area contributed by atoms with Crippen molar-refractivity contribution in [2.75, 3.05) is 26.8 Å². The summed E-state index contributed by atoms with van der Waals surface area (Å²) in [5.41, 5.74) is 6.02. The van der Waals surface area contributed by atoms with Crippen LogP contribution in [0.3, 0.4) is 0 Å². The Morgan fingerprint density at radius 3 is 2.16 bits per heavy atom. The fraction of sp³-hybridized carbons (Fsp3) is 1.00. The predicted molar refractivity (Wildman–Crippen MR) is 84.6 cm³/mol. The molecule has 0 aliphatic heterocycles. The van der Waals surface area contributed by atoms with Crippen LogP contribution >= 0.6 is 0 Å². The van der Waals surface area contributed by atoms with Crippen LogP contribution in [0.4, 0.5) is 0 Å². The summed E-state index contributed by atoms with van der Waals surface area (Å²) >= 11 is 0. The maximum Gasteiger partial charge on any atom is 0.0589 e. The second kappa shape index (κ2) is 12.9. The van der Waals surface area contributed by atoms with E-state index in [2.05, 4.69) is 25.7 Å². The summed E-state index contributed by atoms with van der Waals surface area (Å²) in [6.45, 7) is 9.40. The molecule has 0 saturated carbocycles. The van der Waals surface area contributed by atoms with Crippen molar-refractivity contribution in [1.82, 2.24) is 4.90 Å². The number of nitrogens with zero attached hydrogens (tertiary/aromatic N) is 1. The van der Waals surface area contributed by atoms with Crippen LogP contribution in [0.5, 0.6) is 0 Å². The van der Waals surface area contributed by atoms with Crippen LogP contribution in [0.1, 0.15) is 65.7 Å². The SMILES string of the molecule is CCCCCCC(CN)N(CCOC)C(CC)CC. The molecule has 3 heteroatoms. The molecule has 0 rings (SSSR count). The third-order valence-electron chi connectivity index (χ3n) is 4.10. The first-order chi connectivity index (χ1) is 9.24. The van der Waals surface area contributed by atoms with Gasteiger partial charge in [-0.1, -0.05) is 46.5 Å². The summed E-state index contributed by atoms with van der Waals surface area (Å²) < 4.78 is 5.27. The van der Waals surface area contributed by atoms with Gasteiger partial charge >= 0.3 is 0 Å². The van der Waals surface area contributed by atoms with Crippen LogP contribution in [0.2, 0.25) is 0 Å². The Morgan fingerprint density at radius 2 is 1.68 bits per heavy atom. The van der Waals surface area contributed by atoms with Crippen LogP contribution in [0, 0.1) is 0 Å². The van der Waals surface area contributed by atoms with Gasteiger partial charge in [-0.3, -0.25) is 4.90 Å². The van der Waals surface area contributed by atoms with Gasteiger partial charge in [0.25, 0.3) is 0 Å². The van der Waals surface area contributed by atoms with E-state index < -0.39 is 0 Å². The first kappa shape index (κ1) is 18.9. The topological polar surface area (TPSA) is 38.5 Å². The summed E-state index contributed by atoms with van der Waals surface area (Å²) in [4.78, 5) is 2.59. The molecular formula is C16H36N2O. The van der Waals surface area contributed by atoms with Crippen LogP contribution in [0.25, 0.3) is 0 Å². The maximum atomic E-state index is 6.02. The molecule has 0 amide bonds. The molecule has 116 valence electrons. The number of rotatable bonds is 13. The monoisotopic (exact) mass is 272 g/mol. The fourth-order valence-electron chi connectivity index (χ4n) is 2.84. The minimum absolute atomic E-state index is 0.525. The van der Waals surface area contributed by atoms with Crippen molar-refractivity contribution >= 4 is 0 Å². The minimum atomic E-state index is 0.525. The van der Waals surface area contributed by atoms with E-state index in [1.54, 1.807) is 7.11 Å². The van der Waals surface area contributed by atoms with Crippen molar-refractivity contribution in [3.63, 3.8) is 0 Å². The van der Waals surface area contributed by atoms with E-state index in [1.807, 2.05) is 0 Å². The van der Waals surface area contributed by atoms with Gasteiger partial charge in [0.05, 0.1) is 6.61 Å².